The number of amides is 1. The number of methoxy groups -OCH3 is 1. The first-order chi connectivity index (χ1) is 10.2. The van der Waals surface area contributed by atoms with E-state index in [1.165, 1.54) is 19.2 Å². The molecule has 6 heteroatoms. The van der Waals surface area contributed by atoms with E-state index in [0.717, 1.165) is 0 Å². The fourth-order valence-electron chi connectivity index (χ4n) is 1.58. The Kier molecular flexibility index (Phi) is 5.98. The van der Waals surface area contributed by atoms with E-state index in [1.54, 1.807) is 39.0 Å². The first-order valence-electron chi connectivity index (χ1n) is 6.77. The molecule has 0 saturated heterocycles. The first-order valence-corrected chi connectivity index (χ1v) is 6.77. The molecular formula is C16H21NO5. The maximum atomic E-state index is 11.5. The van der Waals surface area contributed by atoms with Crippen LogP contribution in [0.15, 0.2) is 24.3 Å². The maximum absolute atomic E-state index is 11.5. The Morgan fingerprint density at radius 1 is 1.32 bits per heavy atom. The summed E-state index contributed by atoms with van der Waals surface area (Å²) < 4.78 is 9.67. The summed E-state index contributed by atoms with van der Waals surface area (Å²) in [5.41, 5.74) is 0.245. The van der Waals surface area contributed by atoms with Crippen LogP contribution < -0.4 is 5.32 Å². The Labute approximate surface area is 129 Å². The summed E-state index contributed by atoms with van der Waals surface area (Å²) in [5, 5.41) is 12.2. The lowest BCUT2D eigenvalue weighted by Gasteiger charge is -2.19. The molecule has 0 aliphatic rings. The lowest BCUT2D eigenvalue weighted by molar-refractivity contribution is 0.0532. The molecule has 1 aromatic carbocycles. The smallest absolute Gasteiger partial charge is 0.407 e. The number of phenolic OH excluding ortho intramolecular Hbond substituents is 1. The van der Waals surface area contributed by atoms with Crippen LogP contribution in [0.3, 0.4) is 0 Å². The number of alkyl carbamates (subject to hydrolysis) is 1. The largest absolute Gasteiger partial charge is 0.507 e. The molecule has 0 atom stereocenters. The predicted molar refractivity (Wildman–Crippen MR) is 82.7 cm³/mol. The quantitative estimate of drug-likeness (QED) is 0.835. The van der Waals surface area contributed by atoms with Gasteiger partial charge in [-0.3, -0.25) is 0 Å². The molecule has 1 rings (SSSR count). The van der Waals surface area contributed by atoms with Crippen molar-refractivity contribution in [3.63, 3.8) is 0 Å². The van der Waals surface area contributed by atoms with E-state index in [-0.39, 0.29) is 17.9 Å². The average molecular weight is 307 g/mol. The number of esters is 1. The van der Waals surface area contributed by atoms with Crippen LogP contribution in [0.2, 0.25) is 0 Å². The van der Waals surface area contributed by atoms with Crippen LogP contribution in [0.1, 0.15) is 36.7 Å². The molecule has 0 aromatic heterocycles. The minimum absolute atomic E-state index is 0.0877. The number of phenols is 1. The molecule has 120 valence electrons. The minimum atomic E-state index is -0.611. The number of carbonyl (C=O) groups excluding carboxylic acids is 2. The van der Waals surface area contributed by atoms with Gasteiger partial charge >= 0.3 is 12.1 Å². The average Bonchev–Trinajstić information content (AvgIpc) is 2.42. The lowest BCUT2D eigenvalue weighted by atomic mass is 10.1. The number of carbonyl (C=O) groups is 2. The second-order valence-corrected chi connectivity index (χ2v) is 5.55. The number of aromatic hydroxyl groups is 1. The van der Waals surface area contributed by atoms with E-state index in [9.17, 15) is 14.7 Å². The van der Waals surface area contributed by atoms with E-state index in [4.69, 9.17) is 4.74 Å². The molecule has 0 unspecified atom stereocenters. The summed E-state index contributed by atoms with van der Waals surface area (Å²) in [6, 6.07) is 4.56. The minimum Gasteiger partial charge on any atom is -0.507 e. The molecule has 0 spiro atoms. The summed E-state index contributed by atoms with van der Waals surface area (Å²) in [6.45, 7) is 5.64. The Hall–Kier alpha value is -2.50. The van der Waals surface area contributed by atoms with Gasteiger partial charge in [0.2, 0.25) is 0 Å². The number of benzene rings is 1. The van der Waals surface area contributed by atoms with Gasteiger partial charge in [0.05, 0.1) is 7.11 Å². The highest BCUT2D eigenvalue weighted by Gasteiger charge is 2.15. The first kappa shape index (κ1) is 17.6. The van der Waals surface area contributed by atoms with Gasteiger partial charge in [-0.1, -0.05) is 18.2 Å². The number of nitrogens with one attached hydrogen (secondary N) is 1. The number of hydrogen-bond donors (Lipinski definition) is 2. The van der Waals surface area contributed by atoms with Crippen LogP contribution in [0.4, 0.5) is 4.79 Å². The van der Waals surface area contributed by atoms with Gasteiger partial charge in [-0.05, 0) is 38.5 Å². The maximum Gasteiger partial charge on any atom is 0.407 e. The molecule has 1 amide bonds. The zero-order chi connectivity index (χ0) is 16.8. The van der Waals surface area contributed by atoms with Crippen LogP contribution in [0.25, 0.3) is 6.08 Å². The van der Waals surface area contributed by atoms with Crippen molar-refractivity contribution in [1.29, 1.82) is 0 Å². The zero-order valence-electron chi connectivity index (χ0n) is 13.2. The third kappa shape index (κ3) is 5.87. The molecular weight excluding hydrogens is 286 g/mol. The highest BCUT2D eigenvalue weighted by atomic mass is 16.6. The predicted octanol–water partition coefficient (Wildman–Crippen LogP) is 2.72. The van der Waals surface area contributed by atoms with Crippen LogP contribution in [-0.4, -0.2) is 36.4 Å². The summed E-state index contributed by atoms with van der Waals surface area (Å²) in [4.78, 5) is 22.9. The molecule has 22 heavy (non-hydrogen) atoms. The Balaban J connectivity index is 2.60. The van der Waals surface area contributed by atoms with Gasteiger partial charge in [-0.25, -0.2) is 9.59 Å². The fourth-order valence-corrected chi connectivity index (χ4v) is 1.58. The number of ether oxygens (including phenoxy) is 2. The number of rotatable bonds is 4. The molecule has 0 aliphatic heterocycles. The molecule has 0 heterocycles. The third-order valence-corrected chi connectivity index (χ3v) is 2.50. The van der Waals surface area contributed by atoms with E-state index in [2.05, 4.69) is 10.1 Å². The SMILES string of the molecule is COC(=O)c1cc(C=CCNC(=O)OC(C)(C)C)ccc1O. The third-order valence-electron chi connectivity index (χ3n) is 2.50. The van der Waals surface area contributed by atoms with Crippen LogP contribution in [0.5, 0.6) is 5.75 Å². The van der Waals surface area contributed by atoms with E-state index in [1.807, 2.05) is 0 Å². The lowest BCUT2D eigenvalue weighted by Crippen LogP contribution is -2.32. The standard InChI is InChI=1S/C16H21NO5/c1-16(2,3)22-15(20)17-9-5-6-11-7-8-13(18)12(10-11)14(19)21-4/h5-8,10,18H,9H2,1-4H3,(H,17,20). The van der Waals surface area contributed by atoms with Gasteiger partial charge in [0.1, 0.15) is 16.9 Å². The van der Waals surface area contributed by atoms with Crippen molar-refractivity contribution in [3.05, 3.63) is 35.4 Å². The molecule has 1 aromatic rings. The Morgan fingerprint density at radius 2 is 2.00 bits per heavy atom. The van der Waals surface area contributed by atoms with Crippen LogP contribution in [-0.2, 0) is 9.47 Å². The van der Waals surface area contributed by atoms with Gasteiger partial charge in [-0.15, -0.1) is 0 Å². The van der Waals surface area contributed by atoms with Crippen LogP contribution >= 0.6 is 0 Å². The van der Waals surface area contributed by atoms with Crippen molar-refractivity contribution in [1.82, 2.24) is 5.32 Å². The van der Waals surface area contributed by atoms with Gasteiger partial charge < -0.3 is 19.9 Å². The van der Waals surface area contributed by atoms with Crippen molar-refractivity contribution in [2.45, 2.75) is 26.4 Å². The molecule has 6 nitrogen and oxygen atoms in total. The topological polar surface area (TPSA) is 84.9 Å². The van der Waals surface area contributed by atoms with Crippen molar-refractivity contribution in [3.8, 4) is 5.75 Å². The van der Waals surface area contributed by atoms with E-state index < -0.39 is 17.7 Å². The van der Waals surface area contributed by atoms with Crippen molar-refractivity contribution in [2.75, 3.05) is 13.7 Å². The van der Waals surface area contributed by atoms with Gasteiger partial charge in [-0.2, -0.15) is 0 Å². The molecule has 0 aliphatic carbocycles. The van der Waals surface area contributed by atoms with Crippen molar-refractivity contribution >= 4 is 18.1 Å². The summed E-state index contributed by atoms with van der Waals surface area (Å²) in [6.07, 6.45) is 2.92. The Morgan fingerprint density at radius 3 is 2.59 bits per heavy atom. The monoisotopic (exact) mass is 307 g/mol. The van der Waals surface area contributed by atoms with Crippen LogP contribution in [0, 0.1) is 0 Å². The van der Waals surface area contributed by atoms with E-state index in [0.29, 0.717) is 5.56 Å². The second-order valence-electron chi connectivity index (χ2n) is 5.55. The molecule has 2 N–H and O–H groups in total. The number of hydrogen-bond acceptors (Lipinski definition) is 5. The summed E-state index contributed by atoms with van der Waals surface area (Å²) in [5.74, 6) is -0.754. The zero-order valence-corrected chi connectivity index (χ0v) is 13.2. The van der Waals surface area contributed by atoms with Gasteiger partial charge in [0.25, 0.3) is 0 Å². The molecule has 0 bridgehead atoms. The normalized spacial score (nSPS) is 11.3. The highest BCUT2D eigenvalue weighted by Crippen LogP contribution is 2.20. The van der Waals surface area contributed by atoms with Gasteiger partial charge in [0, 0.05) is 6.54 Å². The summed E-state index contributed by atoms with van der Waals surface area (Å²) >= 11 is 0. The van der Waals surface area contributed by atoms with Crippen molar-refractivity contribution < 1.29 is 24.2 Å². The Bertz CT molecular complexity index is 572. The highest BCUT2D eigenvalue weighted by molar-refractivity contribution is 5.93. The fraction of sp³-hybridized carbons (Fsp3) is 0.375. The van der Waals surface area contributed by atoms with Crippen molar-refractivity contribution in [2.24, 2.45) is 0 Å². The molecule has 0 saturated carbocycles. The second kappa shape index (κ2) is 7.49. The molecule has 0 fully saturated rings. The summed E-state index contributed by atoms with van der Waals surface area (Å²) in [7, 11) is 1.25. The molecule has 0 radical (unpaired) electrons. The van der Waals surface area contributed by atoms with Gasteiger partial charge in [0.15, 0.2) is 0 Å². The van der Waals surface area contributed by atoms with E-state index >= 15 is 0 Å².